The van der Waals surface area contributed by atoms with Crippen LogP contribution < -0.4 is 5.32 Å². The number of methoxy groups -OCH3 is 1. The molecule has 0 radical (unpaired) electrons. The number of carbonyl (C=O) groups is 2. The molecule has 0 aliphatic rings. The van der Waals surface area contributed by atoms with Crippen molar-refractivity contribution in [1.29, 1.82) is 0 Å². The maximum absolute atomic E-state index is 11.3. The Morgan fingerprint density at radius 2 is 2.00 bits per heavy atom. The number of carboxylic acid groups (broad SMARTS) is 1. The van der Waals surface area contributed by atoms with Crippen LogP contribution >= 0.6 is 0 Å². The molecule has 0 aromatic carbocycles. The van der Waals surface area contributed by atoms with Crippen molar-refractivity contribution in [3.63, 3.8) is 0 Å². The van der Waals surface area contributed by atoms with Crippen LogP contribution in [0.4, 0.5) is 0 Å². The third-order valence-electron chi connectivity index (χ3n) is 1.96. The van der Waals surface area contributed by atoms with Gasteiger partial charge in [-0.1, -0.05) is 20.4 Å². The van der Waals surface area contributed by atoms with Crippen LogP contribution in [-0.2, 0) is 14.3 Å². The molecule has 0 fully saturated rings. The normalized spacial score (nSPS) is 12.3. The average molecular weight is 215 g/mol. The molecule has 0 aromatic heterocycles. The molecule has 2 N–H and O–H groups in total. The van der Waals surface area contributed by atoms with Gasteiger partial charge in [0.1, 0.15) is 6.04 Å². The number of hydrogen-bond donors (Lipinski definition) is 2. The Kier molecular flexibility index (Phi) is 5.62. The number of carboxylic acids is 1. The number of ether oxygens (including phenoxy) is 1. The van der Waals surface area contributed by atoms with Gasteiger partial charge in [-0.3, -0.25) is 10.1 Å². The van der Waals surface area contributed by atoms with Gasteiger partial charge in [-0.15, -0.1) is 0 Å². The van der Waals surface area contributed by atoms with E-state index in [1.807, 2.05) is 13.8 Å². The quantitative estimate of drug-likeness (QED) is 0.496. The second-order valence-corrected chi connectivity index (χ2v) is 3.53. The van der Waals surface area contributed by atoms with Crippen LogP contribution in [0.3, 0.4) is 0 Å². The van der Waals surface area contributed by atoms with Gasteiger partial charge in [0.15, 0.2) is 0 Å². The summed E-state index contributed by atoms with van der Waals surface area (Å²) in [6.07, 6.45) is 0. The summed E-state index contributed by atoms with van der Waals surface area (Å²) in [7, 11) is 1.30. The summed E-state index contributed by atoms with van der Waals surface area (Å²) in [5, 5.41) is 11.4. The van der Waals surface area contributed by atoms with Gasteiger partial charge in [0, 0.05) is 12.1 Å². The highest BCUT2D eigenvalue weighted by Gasteiger charge is 2.22. The molecule has 0 bridgehead atoms. The molecule has 0 rings (SSSR count). The van der Waals surface area contributed by atoms with E-state index < -0.39 is 18.0 Å². The summed E-state index contributed by atoms with van der Waals surface area (Å²) >= 11 is 0. The van der Waals surface area contributed by atoms with E-state index in [2.05, 4.69) is 16.6 Å². The highest BCUT2D eigenvalue weighted by Crippen LogP contribution is 2.04. The van der Waals surface area contributed by atoms with E-state index in [-0.39, 0.29) is 18.0 Å². The molecule has 0 saturated carbocycles. The van der Waals surface area contributed by atoms with E-state index in [1.165, 1.54) is 7.11 Å². The summed E-state index contributed by atoms with van der Waals surface area (Å²) in [5.41, 5.74) is 0.0181. The van der Waals surface area contributed by atoms with Gasteiger partial charge >= 0.3 is 11.9 Å². The van der Waals surface area contributed by atoms with Gasteiger partial charge in [-0.2, -0.15) is 0 Å². The van der Waals surface area contributed by atoms with Crippen LogP contribution in [0.5, 0.6) is 0 Å². The number of rotatable bonds is 6. The highest BCUT2D eigenvalue weighted by molar-refractivity contribution is 5.86. The second-order valence-electron chi connectivity index (χ2n) is 3.53. The first-order chi connectivity index (χ1) is 6.90. The zero-order valence-electron chi connectivity index (χ0n) is 9.24. The van der Waals surface area contributed by atoms with Gasteiger partial charge in [-0.25, -0.2) is 4.79 Å². The maximum Gasteiger partial charge on any atom is 0.332 e. The monoisotopic (exact) mass is 215 g/mol. The lowest BCUT2D eigenvalue weighted by molar-refractivity contribution is -0.144. The van der Waals surface area contributed by atoms with Crippen LogP contribution in [-0.4, -0.2) is 36.7 Å². The van der Waals surface area contributed by atoms with Crippen LogP contribution in [0.1, 0.15) is 13.8 Å². The Morgan fingerprint density at radius 1 is 1.47 bits per heavy atom. The van der Waals surface area contributed by atoms with Crippen LogP contribution in [0.25, 0.3) is 0 Å². The minimum Gasteiger partial charge on any atom is -0.478 e. The van der Waals surface area contributed by atoms with E-state index in [0.29, 0.717) is 0 Å². The zero-order valence-corrected chi connectivity index (χ0v) is 9.24. The van der Waals surface area contributed by atoms with E-state index in [1.54, 1.807) is 0 Å². The summed E-state index contributed by atoms with van der Waals surface area (Å²) in [5.74, 6) is -1.45. The Morgan fingerprint density at radius 3 is 2.33 bits per heavy atom. The summed E-state index contributed by atoms with van der Waals surface area (Å²) in [6.45, 7) is 7.11. The molecule has 5 heteroatoms. The van der Waals surface area contributed by atoms with E-state index in [0.717, 1.165) is 0 Å². The van der Waals surface area contributed by atoms with Crippen molar-refractivity contribution < 1.29 is 19.4 Å². The Hall–Kier alpha value is -1.36. The van der Waals surface area contributed by atoms with Crippen LogP contribution in [0.15, 0.2) is 12.2 Å². The third-order valence-corrected chi connectivity index (χ3v) is 1.96. The van der Waals surface area contributed by atoms with Crippen LogP contribution in [0, 0.1) is 5.92 Å². The second kappa shape index (κ2) is 6.19. The van der Waals surface area contributed by atoms with Crippen molar-refractivity contribution in [2.24, 2.45) is 5.92 Å². The lowest BCUT2D eigenvalue weighted by Gasteiger charge is -2.19. The molecular formula is C10H17NO4. The molecule has 5 nitrogen and oxygen atoms in total. The largest absolute Gasteiger partial charge is 0.478 e. The SMILES string of the molecule is C=C(CNC(C(=O)OC)C(C)C)C(=O)O. The first-order valence-electron chi connectivity index (χ1n) is 4.62. The first kappa shape index (κ1) is 13.6. The van der Waals surface area contributed by atoms with Gasteiger partial charge in [0.2, 0.25) is 0 Å². The molecule has 1 unspecified atom stereocenters. The maximum atomic E-state index is 11.3. The van der Waals surface area contributed by atoms with Crippen molar-refractivity contribution in [1.82, 2.24) is 5.32 Å². The predicted molar refractivity (Wildman–Crippen MR) is 55.4 cm³/mol. The summed E-state index contributed by atoms with van der Waals surface area (Å²) in [6, 6.07) is -0.508. The molecule has 15 heavy (non-hydrogen) atoms. The Bertz CT molecular complexity index is 260. The number of hydrogen-bond acceptors (Lipinski definition) is 4. The van der Waals surface area contributed by atoms with Crippen molar-refractivity contribution in [3.05, 3.63) is 12.2 Å². The van der Waals surface area contributed by atoms with Crippen molar-refractivity contribution in [3.8, 4) is 0 Å². The van der Waals surface area contributed by atoms with Gasteiger partial charge in [-0.05, 0) is 5.92 Å². The van der Waals surface area contributed by atoms with Crippen molar-refractivity contribution >= 4 is 11.9 Å². The Balaban J connectivity index is 4.26. The Labute approximate surface area is 89.1 Å². The van der Waals surface area contributed by atoms with Gasteiger partial charge in [0.05, 0.1) is 7.11 Å². The standard InChI is InChI=1S/C10H17NO4/c1-6(2)8(10(14)15-4)11-5-7(3)9(12)13/h6,8,11H,3,5H2,1-2,4H3,(H,12,13). The molecule has 86 valence electrons. The third kappa shape index (κ3) is 4.60. The number of nitrogens with one attached hydrogen (secondary N) is 1. The fraction of sp³-hybridized carbons (Fsp3) is 0.600. The average Bonchev–Trinajstić information content (AvgIpc) is 2.16. The predicted octanol–water partition coefficient (Wildman–Crippen LogP) is 0.414. The molecule has 0 saturated heterocycles. The molecule has 0 aromatic rings. The molecule has 0 amide bonds. The van der Waals surface area contributed by atoms with Crippen molar-refractivity contribution in [2.45, 2.75) is 19.9 Å². The lowest BCUT2D eigenvalue weighted by Crippen LogP contribution is -2.43. The van der Waals surface area contributed by atoms with E-state index in [4.69, 9.17) is 5.11 Å². The molecule has 1 atom stereocenters. The molecule has 0 aliphatic heterocycles. The molecule has 0 aliphatic carbocycles. The van der Waals surface area contributed by atoms with Gasteiger partial charge < -0.3 is 9.84 Å². The summed E-state index contributed by atoms with van der Waals surface area (Å²) < 4.78 is 4.59. The molecule has 0 spiro atoms. The summed E-state index contributed by atoms with van der Waals surface area (Å²) in [4.78, 5) is 21.7. The fourth-order valence-corrected chi connectivity index (χ4v) is 1.03. The first-order valence-corrected chi connectivity index (χ1v) is 4.62. The van der Waals surface area contributed by atoms with E-state index >= 15 is 0 Å². The van der Waals surface area contributed by atoms with E-state index in [9.17, 15) is 9.59 Å². The molecule has 0 heterocycles. The molecular weight excluding hydrogens is 198 g/mol. The smallest absolute Gasteiger partial charge is 0.332 e. The zero-order chi connectivity index (χ0) is 12.0. The topological polar surface area (TPSA) is 75.6 Å². The number of carbonyl (C=O) groups excluding carboxylic acids is 1. The highest BCUT2D eigenvalue weighted by atomic mass is 16.5. The minimum atomic E-state index is -1.07. The number of esters is 1. The minimum absolute atomic E-state index is 0.0181. The van der Waals surface area contributed by atoms with Crippen LogP contribution in [0.2, 0.25) is 0 Å². The fourth-order valence-electron chi connectivity index (χ4n) is 1.03. The van der Waals surface area contributed by atoms with Crippen molar-refractivity contribution in [2.75, 3.05) is 13.7 Å². The van der Waals surface area contributed by atoms with Gasteiger partial charge in [0.25, 0.3) is 0 Å². The number of aliphatic carboxylic acids is 1. The lowest BCUT2D eigenvalue weighted by atomic mass is 10.0.